The van der Waals surface area contributed by atoms with E-state index in [4.69, 9.17) is 5.73 Å². The van der Waals surface area contributed by atoms with Crippen LogP contribution in [-0.4, -0.2) is 55.0 Å². The summed E-state index contributed by atoms with van der Waals surface area (Å²) in [5.41, 5.74) is 6.10. The van der Waals surface area contributed by atoms with Gasteiger partial charge in [-0.2, -0.15) is 0 Å². The lowest BCUT2D eigenvalue weighted by Gasteiger charge is -2.22. The van der Waals surface area contributed by atoms with E-state index in [2.05, 4.69) is 21.8 Å². The minimum absolute atomic E-state index is 0.501. The molecule has 2 fully saturated rings. The third-order valence-electron chi connectivity index (χ3n) is 3.68. The molecule has 1 heterocycles. The zero-order chi connectivity index (χ0) is 11.4. The van der Waals surface area contributed by atoms with Gasteiger partial charge in [0.1, 0.15) is 0 Å². The second-order valence-electron chi connectivity index (χ2n) is 5.07. The molecule has 1 saturated heterocycles. The summed E-state index contributed by atoms with van der Waals surface area (Å²) in [6.07, 6.45) is 6.30. The van der Waals surface area contributed by atoms with Gasteiger partial charge in [-0.3, -0.25) is 0 Å². The van der Waals surface area contributed by atoms with Crippen LogP contribution < -0.4 is 5.73 Å². The maximum Gasteiger partial charge on any atom is 0.191 e. The van der Waals surface area contributed by atoms with Crippen molar-refractivity contribution >= 4 is 5.96 Å². The van der Waals surface area contributed by atoms with Crippen molar-refractivity contribution < 1.29 is 0 Å². The van der Waals surface area contributed by atoms with Gasteiger partial charge in [-0.05, 0) is 32.9 Å². The predicted octanol–water partition coefficient (Wildman–Crippen LogP) is 0.881. The van der Waals surface area contributed by atoms with Gasteiger partial charge in [-0.15, -0.1) is 0 Å². The van der Waals surface area contributed by atoms with Gasteiger partial charge in [-0.25, -0.2) is 4.99 Å². The second-order valence-corrected chi connectivity index (χ2v) is 5.07. The van der Waals surface area contributed by atoms with Crippen molar-refractivity contribution in [2.24, 2.45) is 10.7 Å². The molecule has 0 aromatic rings. The molecule has 16 heavy (non-hydrogen) atoms. The van der Waals surface area contributed by atoms with Crippen molar-refractivity contribution in [1.29, 1.82) is 0 Å². The molecule has 0 aromatic heterocycles. The van der Waals surface area contributed by atoms with E-state index in [9.17, 15) is 0 Å². The molecule has 0 bridgehead atoms. The Morgan fingerprint density at radius 1 is 1.06 bits per heavy atom. The molecule has 0 atom stereocenters. The maximum absolute atomic E-state index is 6.10. The molecule has 1 aliphatic carbocycles. The monoisotopic (exact) mass is 224 g/mol. The third-order valence-corrected chi connectivity index (χ3v) is 3.68. The van der Waals surface area contributed by atoms with Gasteiger partial charge in [0, 0.05) is 19.6 Å². The predicted molar refractivity (Wildman–Crippen MR) is 67.6 cm³/mol. The summed E-state index contributed by atoms with van der Waals surface area (Å²) in [7, 11) is 2.17. The van der Waals surface area contributed by atoms with E-state index in [1.807, 2.05) is 0 Å². The number of rotatable bonds is 1. The lowest BCUT2D eigenvalue weighted by Crippen LogP contribution is -2.40. The first-order valence-electron chi connectivity index (χ1n) is 6.52. The lowest BCUT2D eigenvalue weighted by atomic mass is 10.3. The highest BCUT2D eigenvalue weighted by atomic mass is 15.3. The number of hydrogen-bond donors (Lipinski definition) is 1. The van der Waals surface area contributed by atoms with E-state index in [0.29, 0.717) is 6.04 Å². The van der Waals surface area contributed by atoms with Crippen LogP contribution >= 0.6 is 0 Å². The summed E-state index contributed by atoms with van der Waals surface area (Å²) < 4.78 is 0. The summed E-state index contributed by atoms with van der Waals surface area (Å²) in [6.45, 7) is 4.36. The highest BCUT2D eigenvalue weighted by Gasteiger charge is 2.17. The number of guanidine groups is 1. The van der Waals surface area contributed by atoms with E-state index in [-0.39, 0.29) is 0 Å². The zero-order valence-corrected chi connectivity index (χ0v) is 10.4. The van der Waals surface area contributed by atoms with Crippen molar-refractivity contribution in [1.82, 2.24) is 9.80 Å². The van der Waals surface area contributed by atoms with Crippen LogP contribution in [0, 0.1) is 0 Å². The van der Waals surface area contributed by atoms with Crippen LogP contribution in [0.3, 0.4) is 0 Å². The van der Waals surface area contributed by atoms with Crippen LogP contribution in [0.4, 0.5) is 0 Å². The lowest BCUT2D eigenvalue weighted by molar-refractivity contribution is 0.345. The van der Waals surface area contributed by atoms with Gasteiger partial charge >= 0.3 is 0 Å². The average Bonchev–Trinajstić information content (AvgIpc) is 2.66. The van der Waals surface area contributed by atoms with Crippen molar-refractivity contribution in [2.45, 2.75) is 38.1 Å². The first-order chi connectivity index (χ1) is 7.75. The van der Waals surface area contributed by atoms with Crippen molar-refractivity contribution in [2.75, 3.05) is 33.2 Å². The van der Waals surface area contributed by atoms with Crippen LogP contribution in [0.15, 0.2) is 4.99 Å². The molecule has 2 N–H and O–H groups in total. The fraction of sp³-hybridized carbons (Fsp3) is 0.917. The van der Waals surface area contributed by atoms with Gasteiger partial charge in [0.15, 0.2) is 5.96 Å². The molecule has 1 aliphatic heterocycles. The van der Waals surface area contributed by atoms with Gasteiger partial charge in [0.25, 0.3) is 0 Å². The van der Waals surface area contributed by atoms with Crippen molar-refractivity contribution in [3.05, 3.63) is 0 Å². The van der Waals surface area contributed by atoms with Crippen molar-refractivity contribution in [3.8, 4) is 0 Å². The summed E-state index contributed by atoms with van der Waals surface area (Å²) in [5, 5.41) is 0. The van der Waals surface area contributed by atoms with Crippen LogP contribution in [0.1, 0.15) is 32.1 Å². The van der Waals surface area contributed by atoms with Crippen LogP contribution in [0.2, 0.25) is 0 Å². The third kappa shape index (κ3) is 3.11. The Balaban J connectivity index is 1.89. The Morgan fingerprint density at radius 2 is 1.81 bits per heavy atom. The van der Waals surface area contributed by atoms with Crippen molar-refractivity contribution in [3.63, 3.8) is 0 Å². The maximum atomic E-state index is 6.10. The molecule has 4 nitrogen and oxygen atoms in total. The summed E-state index contributed by atoms with van der Waals surface area (Å²) >= 11 is 0. The molecule has 4 heteroatoms. The topological polar surface area (TPSA) is 44.9 Å². The highest BCUT2D eigenvalue weighted by molar-refractivity contribution is 5.78. The molecule has 2 aliphatic rings. The van der Waals surface area contributed by atoms with Gasteiger partial charge in [-0.1, -0.05) is 12.8 Å². The molecule has 0 radical (unpaired) electrons. The Kier molecular flexibility index (Phi) is 4.04. The number of aliphatic imine (C=N–C) groups is 1. The van der Waals surface area contributed by atoms with Gasteiger partial charge in [0.05, 0.1) is 6.04 Å². The Morgan fingerprint density at radius 3 is 2.56 bits per heavy atom. The molecule has 0 unspecified atom stereocenters. The fourth-order valence-corrected chi connectivity index (χ4v) is 2.58. The average molecular weight is 224 g/mol. The number of hydrogen-bond acceptors (Lipinski definition) is 2. The van der Waals surface area contributed by atoms with E-state index >= 15 is 0 Å². The quantitative estimate of drug-likeness (QED) is 0.531. The fourth-order valence-electron chi connectivity index (χ4n) is 2.58. The Bertz CT molecular complexity index is 245. The minimum Gasteiger partial charge on any atom is -0.370 e. The van der Waals surface area contributed by atoms with Crippen LogP contribution in [-0.2, 0) is 0 Å². The van der Waals surface area contributed by atoms with E-state index in [1.54, 1.807) is 0 Å². The summed E-state index contributed by atoms with van der Waals surface area (Å²) in [5.74, 6) is 0.780. The second kappa shape index (κ2) is 5.53. The van der Waals surface area contributed by atoms with E-state index < -0.39 is 0 Å². The Labute approximate surface area is 98.5 Å². The Hall–Kier alpha value is -0.770. The highest BCUT2D eigenvalue weighted by Crippen LogP contribution is 2.21. The standard InChI is InChI=1S/C12H24N4/c1-15-7-4-8-16(10-9-15)12(13)14-11-5-2-3-6-11/h11H,2-10H2,1H3,(H2,13,14). The summed E-state index contributed by atoms with van der Waals surface area (Å²) in [4.78, 5) is 9.28. The van der Waals surface area contributed by atoms with Gasteiger partial charge in [0.2, 0.25) is 0 Å². The molecule has 92 valence electrons. The van der Waals surface area contributed by atoms with Gasteiger partial charge < -0.3 is 15.5 Å². The largest absolute Gasteiger partial charge is 0.370 e. The molecule has 0 aromatic carbocycles. The molecule has 0 spiro atoms. The SMILES string of the molecule is CN1CCCN(C(N)=NC2CCCC2)CC1. The molecule has 2 rings (SSSR count). The first kappa shape index (κ1) is 11.7. The molecular formula is C12H24N4. The zero-order valence-electron chi connectivity index (χ0n) is 10.4. The van der Waals surface area contributed by atoms with Crippen LogP contribution in [0.5, 0.6) is 0 Å². The summed E-state index contributed by atoms with van der Waals surface area (Å²) in [6, 6.07) is 0.501. The van der Waals surface area contributed by atoms with E-state index in [0.717, 1.165) is 25.6 Å². The number of nitrogens with zero attached hydrogens (tertiary/aromatic N) is 3. The number of likely N-dealkylation sites (N-methyl/N-ethyl adjacent to an activating group) is 1. The smallest absolute Gasteiger partial charge is 0.191 e. The number of nitrogens with two attached hydrogens (primary N) is 1. The first-order valence-corrected chi connectivity index (χ1v) is 6.52. The molecular weight excluding hydrogens is 200 g/mol. The normalized spacial score (nSPS) is 26.1. The molecule has 1 saturated carbocycles. The van der Waals surface area contributed by atoms with E-state index in [1.165, 1.54) is 38.6 Å². The molecule has 0 amide bonds. The van der Waals surface area contributed by atoms with Crippen LogP contribution in [0.25, 0.3) is 0 Å². The minimum atomic E-state index is 0.501.